The molecule has 0 unspecified atom stereocenters. The molecule has 0 aliphatic rings. The highest BCUT2D eigenvalue weighted by Crippen LogP contribution is 2.42. The Labute approximate surface area is 161 Å². The fourth-order valence-corrected chi connectivity index (χ4v) is 3.48. The van der Waals surface area contributed by atoms with Gasteiger partial charge in [-0.3, -0.25) is 4.79 Å². The molecular weight excluding hydrogens is 356 g/mol. The van der Waals surface area contributed by atoms with Crippen LogP contribution in [0.1, 0.15) is 37.0 Å². The number of rotatable bonds is 5. The van der Waals surface area contributed by atoms with Crippen LogP contribution in [0.2, 0.25) is 0 Å². The summed E-state index contributed by atoms with van der Waals surface area (Å²) in [7, 11) is 0. The summed E-state index contributed by atoms with van der Waals surface area (Å²) in [6.45, 7) is 4.08. The Hall–Kier alpha value is -3.34. The number of carbonyl (C=O) groups excluding carboxylic acids is 1. The maximum Gasteiger partial charge on any atom is 0.336 e. The summed E-state index contributed by atoms with van der Waals surface area (Å²) in [5.41, 5.74) is 1.33. The van der Waals surface area contributed by atoms with Crippen LogP contribution < -0.4 is 5.63 Å². The summed E-state index contributed by atoms with van der Waals surface area (Å²) < 4.78 is 10.9. The van der Waals surface area contributed by atoms with Crippen LogP contribution in [0.5, 0.6) is 5.75 Å². The quantitative estimate of drug-likeness (QED) is 0.366. The van der Waals surface area contributed by atoms with E-state index >= 15 is 0 Å². The van der Waals surface area contributed by atoms with Gasteiger partial charge < -0.3 is 13.9 Å². The molecule has 28 heavy (non-hydrogen) atoms. The standard InChI is InChI=1S/C23H20O5/c1-13(2)8-9-17(24)20-21(26)19-16(14-6-4-3-5-7-14)12-18(25)28-23(19)15-10-11-27-22(15)20/h3-7,10-13,26H,8-9H2,1-2H3. The molecule has 0 atom stereocenters. The largest absolute Gasteiger partial charge is 0.506 e. The number of Topliss-reactive ketones (excluding diaryl/α,β-unsaturated/α-hetero) is 1. The molecule has 4 rings (SSSR count). The third-order valence-corrected chi connectivity index (χ3v) is 4.88. The molecule has 2 heterocycles. The lowest BCUT2D eigenvalue weighted by atomic mass is 9.94. The number of fused-ring (bicyclic) bond motifs is 3. The number of benzene rings is 2. The lowest BCUT2D eigenvalue weighted by Gasteiger charge is -2.12. The van der Waals surface area contributed by atoms with E-state index in [0.717, 1.165) is 5.56 Å². The lowest BCUT2D eigenvalue weighted by Crippen LogP contribution is -2.05. The van der Waals surface area contributed by atoms with Gasteiger partial charge in [-0.1, -0.05) is 44.2 Å². The molecule has 0 saturated heterocycles. The number of carbonyl (C=O) groups is 1. The molecule has 0 fully saturated rings. The third-order valence-electron chi connectivity index (χ3n) is 4.88. The molecule has 2 aromatic carbocycles. The Bertz CT molecular complexity index is 1230. The molecule has 0 radical (unpaired) electrons. The summed E-state index contributed by atoms with van der Waals surface area (Å²) in [6, 6.07) is 12.2. The molecule has 0 bridgehead atoms. The van der Waals surface area contributed by atoms with Gasteiger partial charge in [-0.05, 0) is 24.0 Å². The van der Waals surface area contributed by atoms with Crippen molar-refractivity contribution in [1.82, 2.24) is 0 Å². The average molecular weight is 376 g/mol. The molecule has 0 spiro atoms. The zero-order valence-electron chi connectivity index (χ0n) is 15.7. The maximum atomic E-state index is 12.9. The molecule has 142 valence electrons. The van der Waals surface area contributed by atoms with Gasteiger partial charge in [0.1, 0.15) is 11.3 Å². The van der Waals surface area contributed by atoms with Gasteiger partial charge in [-0.25, -0.2) is 4.79 Å². The second kappa shape index (κ2) is 7.00. The molecule has 4 aromatic rings. The van der Waals surface area contributed by atoms with Crippen LogP contribution in [-0.4, -0.2) is 10.9 Å². The van der Waals surface area contributed by atoms with Crippen LogP contribution in [0.3, 0.4) is 0 Å². The average Bonchev–Trinajstić information content (AvgIpc) is 3.16. The number of hydrogen-bond donors (Lipinski definition) is 1. The van der Waals surface area contributed by atoms with Crippen molar-refractivity contribution in [2.24, 2.45) is 5.92 Å². The van der Waals surface area contributed by atoms with Crippen molar-refractivity contribution < 1.29 is 18.7 Å². The second-order valence-corrected chi connectivity index (χ2v) is 7.29. The van der Waals surface area contributed by atoms with Crippen LogP contribution in [0, 0.1) is 5.92 Å². The van der Waals surface area contributed by atoms with E-state index in [1.807, 2.05) is 44.2 Å². The van der Waals surface area contributed by atoms with Gasteiger partial charge in [0.2, 0.25) is 0 Å². The first-order valence-electron chi connectivity index (χ1n) is 9.26. The minimum atomic E-state index is -0.535. The summed E-state index contributed by atoms with van der Waals surface area (Å²) >= 11 is 0. The SMILES string of the molecule is CC(C)CCC(=O)c1c(O)c2c(-c3ccccc3)cc(=O)oc2c2ccoc12. The Morgan fingerprint density at radius 2 is 1.86 bits per heavy atom. The van der Waals surface area contributed by atoms with Crippen LogP contribution >= 0.6 is 0 Å². The fourth-order valence-electron chi connectivity index (χ4n) is 3.48. The van der Waals surface area contributed by atoms with Crippen LogP contribution in [0.15, 0.2) is 62.4 Å². The van der Waals surface area contributed by atoms with Crippen molar-refractivity contribution in [2.45, 2.75) is 26.7 Å². The number of aromatic hydroxyl groups is 1. The van der Waals surface area contributed by atoms with Gasteiger partial charge >= 0.3 is 5.63 Å². The molecule has 5 nitrogen and oxygen atoms in total. The van der Waals surface area contributed by atoms with Gasteiger partial charge in [-0.2, -0.15) is 0 Å². The predicted octanol–water partition coefficient (Wildman–Crippen LogP) is 5.53. The monoisotopic (exact) mass is 376 g/mol. The van der Waals surface area contributed by atoms with E-state index in [-0.39, 0.29) is 28.3 Å². The fraction of sp³-hybridized carbons (Fsp3) is 0.217. The smallest absolute Gasteiger partial charge is 0.336 e. The van der Waals surface area contributed by atoms with E-state index in [1.165, 1.54) is 12.3 Å². The Morgan fingerprint density at radius 3 is 2.57 bits per heavy atom. The zero-order chi connectivity index (χ0) is 19.8. The maximum absolute atomic E-state index is 12.9. The van der Waals surface area contributed by atoms with Crippen LogP contribution in [0.4, 0.5) is 0 Å². The summed E-state index contributed by atoms with van der Waals surface area (Å²) in [4.78, 5) is 25.1. The van der Waals surface area contributed by atoms with Crippen molar-refractivity contribution in [3.63, 3.8) is 0 Å². The number of ketones is 1. The van der Waals surface area contributed by atoms with Crippen LogP contribution in [0.25, 0.3) is 33.1 Å². The Balaban J connectivity index is 2.07. The van der Waals surface area contributed by atoms with Gasteiger partial charge in [-0.15, -0.1) is 0 Å². The normalized spacial score (nSPS) is 11.5. The minimum Gasteiger partial charge on any atom is -0.506 e. The van der Waals surface area contributed by atoms with Crippen molar-refractivity contribution in [1.29, 1.82) is 0 Å². The molecule has 0 amide bonds. The predicted molar refractivity (Wildman–Crippen MR) is 108 cm³/mol. The first-order chi connectivity index (χ1) is 13.5. The number of hydrogen-bond acceptors (Lipinski definition) is 5. The minimum absolute atomic E-state index is 0.138. The highest BCUT2D eigenvalue weighted by Gasteiger charge is 2.25. The van der Waals surface area contributed by atoms with E-state index in [0.29, 0.717) is 35.1 Å². The molecule has 5 heteroatoms. The van der Waals surface area contributed by atoms with E-state index in [9.17, 15) is 14.7 Å². The summed E-state index contributed by atoms with van der Waals surface area (Å²) in [5.74, 6) is -0.0522. The first-order valence-corrected chi connectivity index (χ1v) is 9.26. The molecule has 0 saturated carbocycles. The van der Waals surface area contributed by atoms with Gasteiger partial charge in [0.05, 0.1) is 17.0 Å². The molecule has 0 aliphatic carbocycles. The number of phenolic OH excluding ortho intramolecular Hbond substituents is 1. The number of furan rings is 1. The van der Waals surface area contributed by atoms with Crippen molar-refractivity contribution in [3.05, 3.63) is 64.7 Å². The highest BCUT2D eigenvalue weighted by atomic mass is 16.4. The van der Waals surface area contributed by atoms with E-state index in [2.05, 4.69) is 0 Å². The van der Waals surface area contributed by atoms with Gasteiger partial charge in [0.25, 0.3) is 0 Å². The van der Waals surface area contributed by atoms with Crippen molar-refractivity contribution in [2.75, 3.05) is 0 Å². The molecular formula is C23H20O5. The van der Waals surface area contributed by atoms with Crippen molar-refractivity contribution >= 4 is 27.7 Å². The van der Waals surface area contributed by atoms with E-state index in [4.69, 9.17) is 8.83 Å². The Morgan fingerprint density at radius 1 is 1.11 bits per heavy atom. The summed E-state index contributed by atoms with van der Waals surface area (Å²) in [6.07, 6.45) is 2.43. The van der Waals surface area contributed by atoms with Gasteiger partial charge in [0.15, 0.2) is 16.9 Å². The zero-order valence-corrected chi connectivity index (χ0v) is 15.7. The third kappa shape index (κ3) is 2.99. The second-order valence-electron chi connectivity index (χ2n) is 7.29. The van der Waals surface area contributed by atoms with Crippen LogP contribution in [-0.2, 0) is 0 Å². The van der Waals surface area contributed by atoms with Crippen molar-refractivity contribution in [3.8, 4) is 16.9 Å². The van der Waals surface area contributed by atoms with E-state index in [1.54, 1.807) is 6.07 Å². The number of phenols is 1. The lowest BCUT2D eigenvalue weighted by molar-refractivity contribution is 0.0974. The molecule has 0 aliphatic heterocycles. The highest BCUT2D eigenvalue weighted by molar-refractivity contribution is 6.20. The van der Waals surface area contributed by atoms with E-state index < -0.39 is 5.63 Å². The Kier molecular flexibility index (Phi) is 4.51. The first kappa shape index (κ1) is 18.0. The van der Waals surface area contributed by atoms with Gasteiger partial charge in [0, 0.05) is 18.1 Å². The molecule has 1 N–H and O–H groups in total. The topological polar surface area (TPSA) is 80.6 Å². The molecule has 2 aromatic heterocycles. The summed E-state index contributed by atoms with van der Waals surface area (Å²) in [5, 5.41) is 11.9.